The van der Waals surface area contributed by atoms with E-state index in [2.05, 4.69) is 16.9 Å². The molecule has 2 rings (SSSR count). The molecule has 6 heteroatoms. The molecule has 1 heterocycles. The molecule has 6 nitrogen and oxygen atoms in total. The number of hydrogen-bond donors (Lipinski definition) is 1. The van der Waals surface area contributed by atoms with Crippen molar-refractivity contribution in [2.24, 2.45) is 5.11 Å². The molecule has 1 saturated heterocycles. The van der Waals surface area contributed by atoms with Gasteiger partial charge >= 0.3 is 0 Å². The van der Waals surface area contributed by atoms with Crippen molar-refractivity contribution >= 4 is 11.4 Å². The monoisotopic (exact) mass is 336 g/mol. The summed E-state index contributed by atoms with van der Waals surface area (Å²) in [6.07, 6.45) is 4.86. The lowest BCUT2D eigenvalue weighted by Crippen LogP contribution is -2.36. The van der Waals surface area contributed by atoms with Crippen LogP contribution in [0.5, 0.6) is 5.75 Å². The molecule has 1 aliphatic heterocycles. The number of morpholine rings is 1. The Morgan fingerprint density at radius 3 is 2.71 bits per heavy atom. The van der Waals surface area contributed by atoms with Gasteiger partial charge in [0.2, 0.25) is 0 Å². The topological polar surface area (TPSA) is 68.9 Å². The molecule has 24 heavy (non-hydrogen) atoms. The van der Waals surface area contributed by atoms with Crippen LogP contribution in [0, 0.1) is 0 Å². The second kappa shape index (κ2) is 11.0. The smallest absolute Gasteiger partial charge is 0.171 e. The van der Waals surface area contributed by atoms with Crippen molar-refractivity contribution in [3.63, 3.8) is 0 Å². The highest BCUT2D eigenvalue weighted by Gasteiger charge is 2.14. The number of anilines is 1. The normalized spacial score (nSPS) is 14.6. The zero-order valence-electron chi connectivity index (χ0n) is 14.7. The first-order chi connectivity index (χ1) is 11.8. The summed E-state index contributed by atoms with van der Waals surface area (Å²) in [4.78, 5) is 2.28. The van der Waals surface area contributed by atoms with Gasteiger partial charge in [-0.15, -0.1) is 0 Å². The Balaban J connectivity index is 1.78. The largest absolute Gasteiger partial charge is 0.489 e. The van der Waals surface area contributed by atoms with Gasteiger partial charge in [-0.2, -0.15) is 5.53 Å². The first-order valence-electron chi connectivity index (χ1n) is 8.93. The van der Waals surface area contributed by atoms with Crippen molar-refractivity contribution in [3.8, 4) is 5.75 Å². The highest BCUT2D eigenvalue weighted by Crippen LogP contribution is 2.31. The van der Waals surface area contributed by atoms with Gasteiger partial charge in [-0.25, -0.2) is 0 Å². The van der Waals surface area contributed by atoms with Crippen molar-refractivity contribution in [3.05, 3.63) is 18.2 Å². The summed E-state index contributed by atoms with van der Waals surface area (Å²) in [6.45, 7) is 7.38. The molecule has 0 atom stereocenters. The summed E-state index contributed by atoms with van der Waals surface area (Å²) >= 11 is 0. The summed E-state index contributed by atoms with van der Waals surface area (Å²) < 4.78 is 16.8. The molecule has 1 aromatic carbocycles. The van der Waals surface area contributed by atoms with E-state index in [1.54, 1.807) is 0 Å². The van der Waals surface area contributed by atoms with Crippen LogP contribution in [0.15, 0.2) is 23.3 Å². The second-order valence-electron chi connectivity index (χ2n) is 5.90. The lowest BCUT2D eigenvalue weighted by molar-refractivity contribution is -0.210. The minimum absolute atomic E-state index is 0.503. The molecule has 0 radical (unpaired) electrons. The van der Waals surface area contributed by atoms with Crippen LogP contribution >= 0.6 is 0 Å². The van der Waals surface area contributed by atoms with E-state index < -0.39 is 0 Å². The predicted molar refractivity (Wildman–Crippen MR) is 93.9 cm³/mol. The van der Waals surface area contributed by atoms with E-state index in [4.69, 9.17) is 19.7 Å². The van der Waals surface area contributed by atoms with E-state index in [9.17, 15) is 0 Å². The van der Waals surface area contributed by atoms with Crippen molar-refractivity contribution in [2.45, 2.75) is 32.6 Å². The van der Waals surface area contributed by atoms with E-state index in [1.165, 1.54) is 19.3 Å². The molecule has 0 aromatic heterocycles. The number of ether oxygens (including phenoxy) is 3. The maximum atomic E-state index is 5.83. The van der Waals surface area contributed by atoms with Gasteiger partial charge in [-0.3, -0.25) is 0 Å². The Hall–Kier alpha value is -1.66. The average molecular weight is 336 g/mol. The number of unbranched alkanes of at least 4 members (excludes halogenated alkanes) is 3. The van der Waals surface area contributed by atoms with Gasteiger partial charge < -0.3 is 19.1 Å². The molecule has 1 fully saturated rings. The lowest BCUT2D eigenvalue weighted by atomic mass is 10.2. The van der Waals surface area contributed by atoms with Gasteiger partial charge in [0.05, 0.1) is 19.8 Å². The number of nitrogens with two attached hydrogens (primary N) is 1. The molecular weight excluding hydrogens is 306 g/mol. The Labute approximate surface area is 144 Å². The first kappa shape index (κ1) is 18.7. The van der Waals surface area contributed by atoms with Crippen LogP contribution in [0.25, 0.3) is 0 Å². The number of hydrogen-bond acceptors (Lipinski definition) is 5. The quantitative estimate of drug-likeness (QED) is 0.497. The second-order valence-corrected chi connectivity index (χ2v) is 5.90. The van der Waals surface area contributed by atoms with Crippen LogP contribution in [0.4, 0.5) is 11.4 Å². The van der Waals surface area contributed by atoms with Gasteiger partial charge in [0, 0.05) is 31.5 Å². The third-order valence-corrected chi connectivity index (χ3v) is 4.09. The van der Waals surface area contributed by atoms with Gasteiger partial charge in [0.25, 0.3) is 0 Å². The fourth-order valence-corrected chi connectivity index (χ4v) is 2.69. The number of nitrogens with zero attached hydrogens (tertiary/aromatic N) is 2. The molecule has 0 aliphatic carbocycles. The van der Waals surface area contributed by atoms with Crippen LogP contribution in [0.2, 0.25) is 0 Å². The van der Waals surface area contributed by atoms with Gasteiger partial charge in [-0.1, -0.05) is 26.2 Å². The minimum atomic E-state index is 0.503. The van der Waals surface area contributed by atoms with E-state index in [0.29, 0.717) is 24.7 Å². The van der Waals surface area contributed by atoms with Crippen molar-refractivity contribution in [1.29, 1.82) is 0 Å². The van der Waals surface area contributed by atoms with Crippen LogP contribution in [0.3, 0.4) is 0 Å². The number of benzene rings is 1. The number of rotatable bonds is 11. The Kier molecular flexibility index (Phi) is 8.55. The van der Waals surface area contributed by atoms with Crippen LogP contribution in [0.1, 0.15) is 32.6 Å². The minimum Gasteiger partial charge on any atom is -0.489 e. The zero-order valence-corrected chi connectivity index (χ0v) is 14.7. The molecular formula is C18H30N3O3+. The SMILES string of the molecule is CCCCCCOCCOc1cc(N2CCOCC2)ccc1N=[NH2+]. The Bertz CT molecular complexity index is 490. The predicted octanol–water partition coefficient (Wildman–Crippen LogP) is 2.34. The maximum Gasteiger partial charge on any atom is 0.171 e. The molecule has 1 aromatic rings. The fourth-order valence-electron chi connectivity index (χ4n) is 2.69. The van der Waals surface area contributed by atoms with E-state index in [1.807, 2.05) is 18.2 Å². The third kappa shape index (κ3) is 6.09. The molecule has 1 aliphatic rings. The molecule has 0 bridgehead atoms. The van der Waals surface area contributed by atoms with Crippen molar-refractivity contribution < 1.29 is 19.7 Å². The van der Waals surface area contributed by atoms with Gasteiger partial charge in [0.1, 0.15) is 6.61 Å². The van der Waals surface area contributed by atoms with E-state index in [-0.39, 0.29) is 0 Å². The standard InChI is InChI=1S/C18H29N3O3/c1-2-3-4-5-10-22-13-14-24-18-15-16(6-7-17(18)20-19)21-8-11-23-12-9-21/h6-7,15,19H,2-5,8-14H2,1H3/p+1. The Morgan fingerprint density at radius 1 is 1.12 bits per heavy atom. The molecule has 2 N–H and O–H groups in total. The van der Waals surface area contributed by atoms with Crippen molar-refractivity contribution in [2.75, 3.05) is 51.0 Å². The molecule has 0 saturated carbocycles. The summed E-state index contributed by atoms with van der Waals surface area (Å²) in [5.74, 6) is 0.705. The molecule has 0 unspecified atom stereocenters. The zero-order chi connectivity index (χ0) is 17.0. The maximum absolute atomic E-state index is 5.83. The average Bonchev–Trinajstić information content (AvgIpc) is 2.64. The van der Waals surface area contributed by atoms with Gasteiger partial charge in [-0.05, 0) is 23.7 Å². The van der Waals surface area contributed by atoms with Crippen LogP contribution < -0.4 is 15.2 Å². The summed E-state index contributed by atoms with van der Waals surface area (Å²) in [6, 6.07) is 5.91. The van der Waals surface area contributed by atoms with E-state index >= 15 is 0 Å². The van der Waals surface area contributed by atoms with Gasteiger partial charge in [0.15, 0.2) is 11.4 Å². The molecule has 134 valence electrons. The Morgan fingerprint density at radius 2 is 1.96 bits per heavy atom. The van der Waals surface area contributed by atoms with Crippen LogP contribution in [-0.4, -0.2) is 46.1 Å². The summed E-state index contributed by atoms with van der Waals surface area (Å²) in [5, 5.41) is 3.80. The fraction of sp³-hybridized carbons (Fsp3) is 0.667. The third-order valence-electron chi connectivity index (χ3n) is 4.09. The highest BCUT2D eigenvalue weighted by molar-refractivity contribution is 5.61. The molecule has 0 spiro atoms. The summed E-state index contributed by atoms with van der Waals surface area (Å²) in [5.41, 5.74) is 7.23. The molecule has 0 amide bonds. The van der Waals surface area contributed by atoms with Crippen molar-refractivity contribution in [1.82, 2.24) is 0 Å². The highest BCUT2D eigenvalue weighted by atomic mass is 16.5. The van der Waals surface area contributed by atoms with E-state index in [0.717, 1.165) is 45.0 Å². The summed E-state index contributed by atoms with van der Waals surface area (Å²) in [7, 11) is 0. The lowest BCUT2D eigenvalue weighted by Gasteiger charge is -2.29. The first-order valence-corrected chi connectivity index (χ1v) is 8.93. The van der Waals surface area contributed by atoms with Crippen LogP contribution in [-0.2, 0) is 9.47 Å².